The van der Waals surface area contributed by atoms with E-state index in [4.69, 9.17) is 50.5 Å². The Bertz CT molecular complexity index is 816. The van der Waals surface area contributed by atoms with Crippen LogP contribution in [0.3, 0.4) is 0 Å². The molecule has 0 saturated heterocycles. The second-order valence-electron chi connectivity index (χ2n) is 4.32. The van der Waals surface area contributed by atoms with Crippen molar-refractivity contribution in [1.29, 1.82) is 5.26 Å². The van der Waals surface area contributed by atoms with E-state index in [0.717, 1.165) is 0 Å². The van der Waals surface area contributed by atoms with Crippen LogP contribution in [0.5, 0.6) is 11.5 Å². The first-order valence-corrected chi connectivity index (χ1v) is 7.00. The van der Waals surface area contributed by atoms with E-state index in [-0.39, 0.29) is 27.8 Å². The summed E-state index contributed by atoms with van der Waals surface area (Å²) in [4.78, 5) is 0. The van der Waals surface area contributed by atoms with Gasteiger partial charge in [-0.1, -0.05) is 34.8 Å². The molecule has 0 aliphatic heterocycles. The molecule has 0 fully saturated rings. The molecule has 3 nitrogen and oxygen atoms in total. The Balaban J connectivity index is 2.48. The molecule has 0 bridgehead atoms. The number of nitrogens with zero attached hydrogens (tertiary/aromatic N) is 1. The van der Waals surface area contributed by atoms with E-state index in [9.17, 15) is 13.2 Å². The lowest BCUT2D eigenvalue weighted by Crippen LogP contribution is -2.06. The van der Waals surface area contributed by atoms with Gasteiger partial charge in [-0.2, -0.15) is 18.4 Å². The third-order valence-corrected chi connectivity index (χ3v) is 3.92. The van der Waals surface area contributed by atoms with Crippen molar-refractivity contribution in [2.75, 3.05) is 5.73 Å². The summed E-state index contributed by atoms with van der Waals surface area (Å²) in [5.41, 5.74) is 4.82. The van der Waals surface area contributed by atoms with Crippen molar-refractivity contribution >= 4 is 40.5 Å². The Morgan fingerprint density at radius 3 is 2.26 bits per heavy atom. The molecule has 0 spiro atoms. The summed E-state index contributed by atoms with van der Waals surface area (Å²) >= 11 is 17.3. The van der Waals surface area contributed by atoms with Gasteiger partial charge in [0.1, 0.15) is 16.8 Å². The zero-order valence-electron chi connectivity index (χ0n) is 11.0. The summed E-state index contributed by atoms with van der Waals surface area (Å²) in [7, 11) is 0. The van der Waals surface area contributed by atoms with Crippen molar-refractivity contribution in [1.82, 2.24) is 0 Å². The van der Waals surface area contributed by atoms with Gasteiger partial charge in [-0.3, -0.25) is 0 Å². The number of nitriles is 1. The van der Waals surface area contributed by atoms with E-state index < -0.39 is 21.8 Å². The smallest absolute Gasteiger partial charge is 0.417 e. The van der Waals surface area contributed by atoms with Gasteiger partial charge in [-0.25, -0.2) is 0 Å². The lowest BCUT2D eigenvalue weighted by atomic mass is 10.2. The Hall–Kier alpha value is -1.81. The van der Waals surface area contributed by atoms with Gasteiger partial charge in [-0.15, -0.1) is 0 Å². The number of rotatable bonds is 2. The average Bonchev–Trinajstić information content (AvgIpc) is 2.46. The molecule has 0 atom stereocenters. The van der Waals surface area contributed by atoms with Crippen LogP contribution in [0.1, 0.15) is 11.1 Å². The third-order valence-electron chi connectivity index (χ3n) is 2.79. The monoisotopic (exact) mass is 380 g/mol. The molecule has 0 radical (unpaired) electrons. The molecule has 2 N–H and O–H groups in total. The lowest BCUT2D eigenvalue weighted by Gasteiger charge is -2.15. The number of benzene rings is 2. The molecular formula is C14H6Cl3F3N2O. The van der Waals surface area contributed by atoms with Gasteiger partial charge in [-0.05, 0) is 18.2 Å². The predicted molar refractivity (Wildman–Crippen MR) is 82.1 cm³/mol. The van der Waals surface area contributed by atoms with E-state index >= 15 is 0 Å². The number of alkyl halides is 3. The zero-order chi connectivity index (χ0) is 17.4. The van der Waals surface area contributed by atoms with Gasteiger partial charge in [0.25, 0.3) is 0 Å². The summed E-state index contributed by atoms with van der Waals surface area (Å²) in [6.45, 7) is 0. The van der Waals surface area contributed by atoms with Crippen molar-refractivity contribution < 1.29 is 17.9 Å². The number of hydrogen-bond donors (Lipinski definition) is 1. The van der Waals surface area contributed by atoms with Crippen LogP contribution in [0.2, 0.25) is 15.1 Å². The van der Waals surface area contributed by atoms with Gasteiger partial charge < -0.3 is 10.5 Å². The van der Waals surface area contributed by atoms with Crippen LogP contribution >= 0.6 is 34.8 Å². The number of nitrogen functional groups attached to an aromatic ring is 1. The highest BCUT2D eigenvalue weighted by atomic mass is 35.5. The zero-order valence-corrected chi connectivity index (χ0v) is 13.3. The van der Waals surface area contributed by atoms with Crippen LogP contribution < -0.4 is 10.5 Å². The summed E-state index contributed by atoms with van der Waals surface area (Å²) in [6.07, 6.45) is -4.71. The first-order valence-electron chi connectivity index (χ1n) is 5.87. The van der Waals surface area contributed by atoms with Crippen LogP contribution in [-0.2, 0) is 6.18 Å². The molecule has 0 saturated carbocycles. The summed E-state index contributed by atoms with van der Waals surface area (Å²) in [6, 6.07) is 6.59. The van der Waals surface area contributed by atoms with Gasteiger partial charge >= 0.3 is 6.18 Å². The minimum Gasteiger partial charge on any atom is -0.454 e. The minimum atomic E-state index is -4.71. The van der Waals surface area contributed by atoms with Gasteiger partial charge in [0.2, 0.25) is 0 Å². The normalized spacial score (nSPS) is 11.2. The van der Waals surface area contributed by atoms with Crippen LogP contribution in [-0.4, -0.2) is 0 Å². The standard InChI is InChI=1S/C14H6Cl3F3N2O/c15-9-4-8(14(18,19)20)11(16)12(17)13(9)23-7-2-1-6(5-21)10(22)3-7/h1-4H,22H2. The van der Waals surface area contributed by atoms with Crippen LogP contribution in [0.15, 0.2) is 24.3 Å². The number of hydrogen-bond acceptors (Lipinski definition) is 3. The fourth-order valence-electron chi connectivity index (χ4n) is 1.70. The largest absolute Gasteiger partial charge is 0.454 e. The van der Waals surface area contributed by atoms with Crippen LogP contribution in [0.4, 0.5) is 18.9 Å². The van der Waals surface area contributed by atoms with Crippen molar-refractivity contribution in [2.45, 2.75) is 6.18 Å². The number of nitrogens with two attached hydrogens (primary N) is 1. The summed E-state index contributed by atoms with van der Waals surface area (Å²) < 4.78 is 43.8. The number of halogens is 6. The van der Waals surface area contributed by atoms with Gasteiger partial charge in [0, 0.05) is 6.07 Å². The Kier molecular flexibility index (Phi) is 4.85. The van der Waals surface area contributed by atoms with Crippen molar-refractivity contribution in [3.8, 4) is 17.6 Å². The third kappa shape index (κ3) is 3.58. The molecule has 0 aliphatic carbocycles. The number of ether oxygens (including phenoxy) is 1. The molecular weight excluding hydrogens is 376 g/mol. The topological polar surface area (TPSA) is 59.0 Å². The Morgan fingerprint density at radius 2 is 1.74 bits per heavy atom. The molecule has 0 heterocycles. The quantitative estimate of drug-likeness (QED) is 0.519. The maximum Gasteiger partial charge on any atom is 0.417 e. The molecule has 9 heteroatoms. The minimum absolute atomic E-state index is 0.134. The first kappa shape index (κ1) is 17.5. The lowest BCUT2D eigenvalue weighted by molar-refractivity contribution is -0.137. The molecule has 0 unspecified atom stereocenters. The predicted octanol–water partition coefficient (Wildman–Crippen LogP) is 5.91. The van der Waals surface area contributed by atoms with E-state index in [1.54, 1.807) is 0 Å². The fraction of sp³-hybridized carbons (Fsp3) is 0.0714. The SMILES string of the molecule is N#Cc1ccc(Oc2c(Cl)cc(C(F)(F)F)c(Cl)c2Cl)cc1N. The highest BCUT2D eigenvalue weighted by molar-refractivity contribution is 6.45. The Labute approximate surface area is 143 Å². The van der Waals surface area contributed by atoms with E-state index in [1.807, 2.05) is 6.07 Å². The highest BCUT2D eigenvalue weighted by Gasteiger charge is 2.36. The second kappa shape index (κ2) is 6.36. The molecule has 2 aromatic carbocycles. The maximum atomic E-state index is 12.8. The number of anilines is 1. The van der Waals surface area contributed by atoms with E-state index in [1.165, 1.54) is 18.2 Å². The summed E-state index contributed by atoms with van der Waals surface area (Å²) in [5.74, 6) is -0.100. The maximum absolute atomic E-state index is 12.8. The molecule has 2 rings (SSSR count). The van der Waals surface area contributed by atoms with Crippen molar-refractivity contribution in [2.24, 2.45) is 0 Å². The van der Waals surface area contributed by atoms with Crippen LogP contribution in [0, 0.1) is 11.3 Å². The molecule has 0 aromatic heterocycles. The van der Waals surface area contributed by atoms with Crippen molar-refractivity contribution in [3.63, 3.8) is 0 Å². The average molecular weight is 382 g/mol. The fourth-order valence-corrected chi connectivity index (χ4v) is 2.48. The first-order chi connectivity index (χ1) is 10.6. The van der Waals surface area contributed by atoms with Gasteiger partial charge in [0.15, 0.2) is 5.75 Å². The van der Waals surface area contributed by atoms with Crippen LogP contribution in [0.25, 0.3) is 0 Å². The van der Waals surface area contributed by atoms with Gasteiger partial charge in [0.05, 0.1) is 26.9 Å². The van der Waals surface area contributed by atoms with E-state index in [0.29, 0.717) is 6.07 Å². The molecule has 23 heavy (non-hydrogen) atoms. The van der Waals surface area contributed by atoms with Crippen molar-refractivity contribution in [3.05, 3.63) is 50.5 Å². The summed E-state index contributed by atoms with van der Waals surface area (Å²) in [5, 5.41) is 7.23. The molecule has 2 aromatic rings. The Morgan fingerprint density at radius 1 is 1.09 bits per heavy atom. The molecule has 120 valence electrons. The second-order valence-corrected chi connectivity index (χ2v) is 5.49. The highest BCUT2D eigenvalue weighted by Crippen LogP contribution is 2.47. The molecule has 0 amide bonds. The molecule has 0 aliphatic rings. The van der Waals surface area contributed by atoms with E-state index in [2.05, 4.69) is 0 Å².